The van der Waals surface area contributed by atoms with Gasteiger partial charge in [0, 0.05) is 12.8 Å². The first kappa shape index (κ1) is 79.1. The van der Waals surface area contributed by atoms with Crippen LogP contribution < -0.4 is 5.32 Å². The maximum absolute atomic E-state index is 12.5. The van der Waals surface area contributed by atoms with Gasteiger partial charge in [-0.25, -0.2) is 0 Å². The number of hydrogen-bond donors (Lipinski definition) is 3. The second-order valence-corrected chi connectivity index (χ2v) is 25.3. The van der Waals surface area contributed by atoms with Gasteiger partial charge in [-0.3, -0.25) is 9.59 Å². The van der Waals surface area contributed by atoms with E-state index in [1.165, 1.54) is 321 Å². The minimum absolute atomic E-state index is 0.00910. The summed E-state index contributed by atoms with van der Waals surface area (Å²) < 4.78 is 5.50. The predicted molar refractivity (Wildman–Crippen MR) is 356 cm³/mol. The first-order chi connectivity index (χ1) is 40.0. The quantitative estimate of drug-likeness (QED) is 0.0320. The van der Waals surface area contributed by atoms with Crippen molar-refractivity contribution in [3.63, 3.8) is 0 Å². The number of ether oxygens (including phenoxy) is 1. The largest absolute Gasteiger partial charge is 0.466 e. The molecule has 2 atom stereocenters. The Morgan fingerprint density at radius 3 is 0.963 bits per heavy atom. The fourth-order valence-electron chi connectivity index (χ4n) is 11.6. The van der Waals surface area contributed by atoms with Crippen molar-refractivity contribution in [3.8, 4) is 0 Å². The predicted octanol–water partition coefficient (Wildman–Crippen LogP) is 23.9. The van der Waals surface area contributed by atoms with E-state index in [0.29, 0.717) is 25.9 Å². The van der Waals surface area contributed by atoms with Crippen molar-refractivity contribution in [1.82, 2.24) is 5.32 Å². The molecule has 0 aromatic heterocycles. The highest BCUT2D eigenvalue weighted by Crippen LogP contribution is 2.19. The monoisotopic (exact) mass is 1140 g/mol. The van der Waals surface area contributed by atoms with Gasteiger partial charge in [0.05, 0.1) is 25.4 Å². The molecule has 0 radical (unpaired) electrons. The highest BCUT2D eigenvalue weighted by atomic mass is 16.5. The Bertz CT molecular complexity index is 1310. The average molecular weight is 1140 g/mol. The van der Waals surface area contributed by atoms with E-state index < -0.39 is 12.1 Å². The number of esters is 1. The molecule has 0 aromatic rings. The number of allylic oxidation sites excluding steroid dienone is 6. The van der Waals surface area contributed by atoms with Crippen LogP contribution in [0.3, 0.4) is 0 Å². The van der Waals surface area contributed by atoms with Crippen LogP contribution >= 0.6 is 0 Å². The summed E-state index contributed by atoms with van der Waals surface area (Å²) in [5.74, 6) is -0.0223. The number of unbranched alkanes of at least 4 members (excludes halogenated alkanes) is 52. The Kier molecular flexibility index (Phi) is 68.9. The Balaban J connectivity index is 3.37. The molecule has 81 heavy (non-hydrogen) atoms. The van der Waals surface area contributed by atoms with E-state index >= 15 is 0 Å². The Hall–Kier alpha value is -1.92. The number of carbonyl (C=O) groups excluding carboxylic acids is 2. The Labute approximate surface area is 506 Å². The molecule has 0 fully saturated rings. The van der Waals surface area contributed by atoms with Crippen LogP contribution in [0.2, 0.25) is 0 Å². The topological polar surface area (TPSA) is 95.9 Å². The van der Waals surface area contributed by atoms with E-state index in [0.717, 1.165) is 51.4 Å². The molecule has 0 aliphatic rings. The third-order valence-electron chi connectivity index (χ3n) is 17.2. The van der Waals surface area contributed by atoms with Crippen molar-refractivity contribution in [2.75, 3.05) is 13.2 Å². The lowest BCUT2D eigenvalue weighted by Crippen LogP contribution is -2.45. The average Bonchev–Trinajstić information content (AvgIpc) is 3.47. The first-order valence-electron chi connectivity index (χ1n) is 36.7. The van der Waals surface area contributed by atoms with Crippen LogP contribution in [-0.2, 0) is 14.3 Å². The molecule has 0 bridgehead atoms. The fourth-order valence-corrected chi connectivity index (χ4v) is 11.6. The van der Waals surface area contributed by atoms with Crippen molar-refractivity contribution in [2.45, 2.75) is 418 Å². The summed E-state index contributed by atoms with van der Waals surface area (Å²) in [4.78, 5) is 24.6. The maximum Gasteiger partial charge on any atom is 0.305 e. The van der Waals surface area contributed by atoms with Gasteiger partial charge >= 0.3 is 5.97 Å². The normalized spacial score (nSPS) is 12.7. The van der Waals surface area contributed by atoms with Gasteiger partial charge in [0.15, 0.2) is 0 Å². The second-order valence-electron chi connectivity index (χ2n) is 25.3. The summed E-state index contributed by atoms with van der Waals surface area (Å²) in [5.41, 5.74) is 0. The van der Waals surface area contributed by atoms with Crippen LogP contribution in [-0.4, -0.2) is 47.4 Å². The molecule has 6 heteroatoms. The number of rotatable bonds is 69. The maximum atomic E-state index is 12.5. The molecule has 0 saturated heterocycles. The summed E-state index contributed by atoms with van der Waals surface area (Å²) in [6, 6.07) is -0.542. The molecule has 0 saturated carbocycles. The molecule has 0 heterocycles. The lowest BCUT2D eigenvalue weighted by molar-refractivity contribution is -0.143. The Morgan fingerprint density at radius 2 is 0.617 bits per heavy atom. The fraction of sp³-hybridized carbons (Fsp3) is 0.893. The molecule has 478 valence electrons. The van der Waals surface area contributed by atoms with Crippen LogP contribution in [0.5, 0.6) is 0 Å². The second kappa shape index (κ2) is 70.6. The van der Waals surface area contributed by atoms with E-state index in [4.69, 9.17) is 4.74 Å². The number of carbonyl (C=O) groups is 2. The third-order valence-corrected chi connectivity index (χ3v) is 17.2. The summed E-state index contributed by atoms with van der Waals surface area (Å²) >= 11 is 0. The van der Waals surface area contributed by atoms with Gasteiger partial charge in [-0.2, -0.15) is 0 Å². The summed E-state index contributed by atoms with van der Waals surface area (Å²) in [7, 11) is 0. The number of aliphatic hydroxyl groups excluding tert-OH is 2. The van der Waals surface area contributed by atoms with Crippen LogP contribution in [0.15, 0.2) is 36.5 Å². The minimum Gasteiger partial charge on any atom is -0.466 e. The summed E-state index contributed by atoms with van der Waals surface area (Å²) in [5, 5.41) is 23.4. The number of nitrogens with one attached hydrogen (secondary N) is 1. The van der Waals surface area contributed by atoms with E-state index in [2.05, 4.69) is 55.6 Å². The molecule has 0 aliphatic carbocycles. The molecule has 1 amide bonds. The van der Waals surface area contributed by atoms with Crippen LogP contribution in [0.4, 0.5) is 0 Å². The standard InChI is InChI=1S/C75H143NO5/c1-3-5-7-9-11-13-15-17-19-21-35-39-43-47-51-55-59-63-67-73(78)72(71-77)76-74(79)68-64-60-56-52-48-44-40-36-33-31-29-27-25-23-24-26-28-30-32-34-38-42-46-50-54-58-62-66-70-81-75(80)69-65-61-57-53-49-45-41-37-22-20-18-16-14-12-10-8-6-4-2/h14,16,20,22-24,72-73,77-78H,3-13,15,17-19,21,25-71H2,1-2H3,(H,76,79)/b16-14-,22-20-,24-23-. The highest BCUT2D eigenvalue weighted by Gasteiger charge is 2.20. The third kappa shape index (κ3) is 67.1. The number of hydrogen-bond acceptors (Lipinski definition) is 5. The van der Waals surface area contributed by atoms with Gasteiger partial charge in [0.1, 0.15) is 0 Å². The smallest absolute Gasteiger partial charge is 0.305 e. The van der Waals surface area contributed by atoms with E-state index in [9.17, 15) is 19.8 Å². The molecular formula is C75H143NO5. The van der Waals surface area contributed by atoms with Crippen LogP contribution in [0, 0.1) is 0 Å². The van der Waals surface area contributed by atoms with Gasteiger partial charge in [-0.15, -0.1) is 0 Å². The van der Waals surface area contributed by atoms with Gasteiger partial charge in [-0.1, -0.05) is 346 Å². The zero-order valence-electron chi connectivity index (χ0n) is 54.8. The molecule has 3 N–H and O–H groups in total. The molecule has 0 spiro atoms. The van der Waals surface area contributed by atoms with E-state index in [1.54, 1.807) is 0 Å². The van der Waals surface area contributed by atoms with Gasteiger partial charge in [0.25, 0.3) is 0 Å². The number of aliphatic hydroxyl groups is 2. The zero-order valence-corrected chi connectivity index (χ0v) is 54.8. The molecular weight excluding hydrogens is 995 g/mol. The highest BCUT2D eigenvalue weighted by molar-refractivity contribution is 5.76. The lowest BCUT2D eigenvalue weighted by Gasteiger charge is -2.22. The van der Waals surface area contributed by atoms with Gasteiger partial charge in [-0.05, 0) is 83.5 Å². The molecule has 2 unspecified atom stereocenters. The molecule has 0 rings (SSSR count). The van der Waals surface area contributed by atoms with Crippen molar-refractivity contribution < 1.29 is 24.5 Å². The zero-order chi connectivity index (χ0) is 58.5. The van der Waals surface area contributed by atoms with E-state index in [-0.39, 0.29) is 18.5 Å². The van der Waals surface area contributed by atoms with Crippen molar-refractivity contribution in [3.05, 3.63) is 36.5 Å². The van der Waals surface area contributed by atoms with Crippen molar-refractivity contribution in [2.24, 2.45) is 0 Å². The minimum atomic E-state index is -0.665. The van der Waals surface area contributed by atoms with Crippen LogP contribution in [0.1, 0.15) is 406 Å². The molecule has 0 aliphatic heterocycles. The van der Waals surface area contributed by atoms with Crippen LogP contribution in [0.25, 0.3) is 0 Å². The molecule has 0 aromatic carbocycles. The van der Waals surface area contributed by atoms with E-state index in [1.807, 2.05) is 0 Å². The Morgan fingerprint density at radius 1 is 0.346 bits per heavy atom. The SMILES string of the molecule is CCCCCC/C=C\C/C=C\CCCCCCCCCC(=O)OCCCCCCCCCCCCCC/C=C\CCCCCCCCCCCCCCC(=O)NC(CO)C(O)CCCCCCCCCCCCCCCCCCCC. The summed E-state index contributed by atoms with van der Waals surface area (Å²) in [6.07, 6.45) is 90.6. The summed E-state index contributed by atoms with van der Waals surface area (Å²) in [6.45, 7) is 4.97. The van der Waals surface area contributed by atoms with Gasteiger partial charge < -0.3 is 20.3 Å². The van der Waals surface area contributed by atoms with Gasteiger partial charge in [0.2, 0.25) is 5.91 Å². The lowest BCUT2D eigenvalue weighted by atomic mass is 10.0. The van der Waals surface area contributed by atoms with Crippen molar-refractivity contribution in [1.29, 1.82) is 0 Å². The molecule has 6 nitrogen and oxygen atoms in total. The van der Waals surface area contributed by atoms with Crippen molar-refractivity contribution >= 4 is 11.9 Å². The first-order valence-corrected chi connectivity index (χ1v) is 36.7. The number of amides is 1.